The Morgan fingerprint density at radius 1 is 1.09 bits per heavy atom. The summed E-state index contributed by atoms with van der Waals surface area (Å²) in [6, 6.07) is 8.07. The largest absolute Gasteiger partial charge is 0.355 e. The highest BCUT2D eigenvalue weighted by atomic mass is 16.5. The zero-order chi connectivity index (χ0) is 22.3. The lowest BCUT2D eigenvalue weighted by atomic mass is 10.1. The van der Waals surface area contributed by atoms with E-state index in [2.05, 4.69) is 25.3 Å². The predicted octanol–water partition coefficient (Wildman–Crippen LogP) is 1.29. The number of amides is 2. The van der Waals surface area contributed by atoms with Crippen molar-refractivity contribution in [2.75, 3.05) is 52.4 Å². The first-order valence-corrected chi connectivity index (χ1v) is 11.5. The van der Waals surface area contributed by atoms with E-state index in [1.165, 1.54) is 5.56 Å². The first-order valence-electron chi connectivity index (χ1n) is 11.5. The van der Waals surface area contributed by atoms with E-state index in [4.69, 9.17) is 4.52 Å². The zero-order valence-electron chi connectivity index (χ0n) is 18.8. The van der Waals surface area contributed by atoms with Gasteiger partial charge in [-0.3, -0.25) is 19.4 Å². The standard InChI is InChI=1S/C23H32N6O3/c1-18-5-7-19(8-6-18)23-25-21(32-26-23)17-28-14-12-27(13-15-28)16-20(30)24-9-3-11-29-10-2-4-22(29)31/h5-8H,2-4,9-17H2,1H3,(H,24,30). The SMILES string of the molecule is Cc1ccc(-c2noc(CN3CCN(CC(=O)NCCCN4CCCC4=O)CC3)n2)cc1. The monoisotopic (exact) mass is 440 g/mol. The minimum Gasteiger partial charge on any atom is -0.355 e. The molecule has 2 amide bonds. The molecule has 1 aromatic carbocycles. The topological polar surface area (TPSA) is 94.8 Å². The van der Waals surface area contributed by atoms with Crippen molar-refractivity contribution in [1.82, 2.24) is 30.2 Å². The van der Waals surface area contributed by atoms with Crippen molar-refractivity contribution in [2.24, 2.45) is 0 Å². The van der Waals surface area contributed by atoms with Crippen molar-refractivity contribution >= 4 is 11.8 Å². The van der Waals surface area contributed by atoms with E-state index < -0.39 is 0 Å². The molecule has 4 rings (SSSR count). The van der Waals surface area contributed by atoms with E-state index in [-0.39, 0.29) is 11.8 Å². The van der Waals surface area contributed by atoms with Gasteiger partial charge >= 0.3 is 0 Å². The van der Waals surface area contributed by atoms with Crippen LogP contribution < -0.4 is 5.32 Å². The molecule has 9 nitrogen and oxygen atoms in total. The van der Waals surface area contributed by atoms with E-state index in [1.54, 1.807) is 0 Å². The maximum atomic E-state index is 12.2. The molecule has 2 aromatic rings. The molecule has 0 unspecified atom stereocenters. The summed E-state index contributed by atoms with van der Waals surface area (Å²) in [4.78, 5) is 34.7. The summed E-state index contributed by atoms with van der Waals surface area (Å²) in [7, 11) is 0. The molecule has 2 aliphatic rings. The number of piperazine rings is 1. The Kier molecular flexibility index (Phi) is 7.49. The fourth-order valence-corrected chi connectivity index (χ4v) is 4.13. The molecule has 9 heteroatoms. The highest BCUT2D eigenvalue weighted by Gasteiger charge is 2.22. The van der Waals surface area contributed by atoms with Crippen LogP contribution in [-0.4, -0.2) is 89.0 Å². The minimum atomic E-state index is 0.0471. The van der Waals surface area contributed by atoms with Crippen molar-refractivity contribution in [3.8, 4) is 11.4 Å². The second-order valence-corrected chi connectivity index (χ2v) is 8.62. The quantitative estimate of drug-likeness (QED) is 0.587. The van der Waals surface area contributed by atoms with Crippen LogP contribution in [0.4, 0.5) is 0 Å². The first kappa shape index (κ1) is 22.4. The predicted molar refractivity (Wildman–Crippen MR) is 120 cm³/mol. The average Bonchev–Trinajstić information content (AvgIpc) is 3.42. The van der Waals surface area contributed by atoms with Crippen LogP contribution in [0.3, 0.4) is 0 Å². The molecule has 1 aromatic heterocycles. The van der Waals surface area contributed by atoms with Gasteiger partial charge in [0.25, 0.3) is 0 Å². The first-order chi connectivity index (χ1) is 15.6. The second-order valence-electron chi connectivity index (χ2n) is 8.62. The van der Waals surface area contributed by atoms with Crippen LogP contribution in [-0.2, 0) is 16.1 Å². The van der Waals surface area contributed by atoms with Gasteiger partial charge in [-0.05, 0) is 19.8 Å². The summed E-state index contributed by atoms with van der Waals surface area (Å²) in [5, 5.41) is 7.08. The van der Waals surface area contributed by atoms with Crippen LogP contribution in [0.2, 0.25) is 0 Å². The van der Waals surface area contributed by atoms with Crippen LogP contribution in [0, 0.1) is 6.92 Å². The smallest absolute Gasteiger partial charge is 0.241 e. The van der Waals surface area contributed by atoms with Gasteiger partial charge in [-0.1, -0.05) is 35.0 Å². The van der Waals surface area contributed by atoms with Gasteiger partial charge in [0.05, 0.1) is 13.1 Å². The molecule has 0 saturated carbocycles. The molecule has 2 fully saturated rings. The third kappa shape index (κ3) is 6.14. The number of carbonyl (C=O) groups excluding carboxylic acids is 2. The summed E-state index contributed by atoms with van der Waals surface area (Å²) < 4.78 is 5.44. The lowest BCUT2D eigenvalue weighted by Crippen LogP contribution is -2.49. The molecule has 172 valence electrons. The highest BCUT2D eigenvalue weighted by Crippen LogP contribution is 2.17. The summed E-state index contributed by atoms with van der Waals surface area (Å²) in [6.45, 7) is 8.65. The minimum absolute atomic E-state index is 0.0471. The molecule has 0 spiro atoms. The van der Waals surface area contributed by atoms with Gasteiger partial charge in [-0.15, -0.1) is 0 Å². The molecule has 0 bridgehead atoms. The van der Waals surface area contributed by atoms with Crippen LogP contribution in [0.1, 0.15) is 30.7 Å². The highest BCUT2D eigenvalue weighted by molar-refractivity contribution is 5.78. The molecule has 32 heavy (non-hydrogen) atoms. The Balaban J connectivity index is 1.13. The van der Waals surface area contributed by atoms with Gasteiger partial charge in [0.15, 0.2) is 0 Å². The van der Waals surface area contributed by atoms with E-state index in [0.29, 0.717) is 37.8 Å². The molecule has 0 radical (unpaired) electrons. The Hall–Kier alpha value is -2.78. The Morgan fingerprint density at radius 2 is 1.84 bits per heavy atom. The number of nitrogens with one attached hydrogen (secondary N) is 1. The number of aromatic nitrogens is 2. The van der Waals surface area contributed by atoms with Crippen molar-refractivity contribution in [2.45, 2.75) is 32.7 Å². The van der Waals surface area contributed by atoms with Crippen molar-refractivity contribution in [3.05, 3.63) is 35.7 Å². The molecular formula is C23H32N6O3. The van der Waals surface area contributed by atoms with Gasteiger partial charge < -0.3 is 14.7 Å². The molecular weight excluding hydrogens is 408 g/mol. The molecule has 2 aliphatic heterocycles. The molecule has 3 heterocycles. The number of hydrogen-bond acceptors (Lipinski definition) is 7. The third-order valence-corrected chi connectivity index (χ3v) is 6.07. The van der Waals surface area contributed by atoms with E-state index in [1.807, 2.05) is 36.1 Å². The molecule has 0 aliphatic carbocycles. The summed E-state index contributed by atoms with van der Waals surface area (Å²) in [6.07, 6.45) is 2.43. The van der Waals surface area contributed by atoms with E-state index >= 15 is 0 Å². The summed E-state index contributed by atoms with van der Waals surface area (Å²) in [5.41, 5.74) is 2.15. The van der Waals surface area contributed by atoms with Crippen molar-refractivity contribution < 1.29 is 14.1 Å². The fourth-order valence-electron chi connectivity index (χ4n) is 4.13. The average molecular weight is 441 g/mol. The van der Waals surface area contributed by atoms with E-state index in [9.17, 15) is 9.59 Å². The maximum Gasteiger partial charge on any atom is 0.241 e. The van der Waals surface area contributed by atoms with Crippen LogP contribution in [0.25, 0.3) is 11.4 Å². The van der Waals surface area contributed by atoms with Crippen LogP contribution in [0.5, 0.6) is 0 Å². The number of hydrogen-bond donors (Lipinski definition) is 1. The number of benzene rings is 1. The Morgan fingerprint density at radius 3 is 2.56 bits per heavy atom. The Labute approximate surface area is 188 Å². The second kappa shape index (κ2) is 10.7. The van der Waals surface area contributed by atoms with Crippen LogP contribution >= 0.6 is 0 Å². The van der Waals surface area contributed by atoms with Gasteiger partial charge in [0, 0.05) is 57.8 Å². The van der Waals surface area contributed by atoms with Crippen LogP contribution in [0.15, 0.2) is 28.8 Å². The third-order valence-electron chi connectivity index (χ3n) is 6.07. The molecule has 1 N–H and O–H groups in total. The van der Waals surface area contributed by atoms with Crippen molar-refractivity contribution in [1.29, 1.82) is 0 Å². The Bertz CT molecular complexity index is 905. The van der Waals surface area contributed by atoms with E-state index in [0.717, 1.165) is 57.7 Å². The van der Waals surface area contributed by atoms with Gasteiger partial charge in [0.1, 0.15) is 0 Å². The maximum absolute atomic E-state index is 12.2. The summed E-state index contributed by atoms with van der Waals surface area (Å²) in [5.74, 6) is 1.51. The van der Waals surface area contributed by atoms with Gasteiger partial charge in [-0.2, -0.15) is 4.98 Å². The summed E-state index contributed by atoms with van der Waals surface area (Å²) >= 11 is 0. The number of nitrogens with zero attached hydrogens (tertiary/aromatic N) is 5. The fraction of sp³-hybridized carbons (Fsp3) is 0.565. The number of rotatable bonds is 9. The molecule has 2 saturated heterocycles. The zero-order valence-corrected chi connectivity index (χ0v) is 18.8. The number of aryl methyl sites for hydroxylation is 1. The normalized spacial score (nSPS) is 17.8. The lowest BCUT2D eigenvalue weighted by molar-refractivity contribution is -0.127. The van der Waals surface area contributed by atoms with Crippen molar-refractivity contribution in [3.63, 3.8) is 0 Å². The number of likely N-dealkylation sites (tertiary alicyclic amines) is 1. The molecule has 0 atom stereocenters. The van der Waals surface area contributed by atoms with Gasteiger partial charge in [-0.25, -0.2) is 0 Å². The van der Waals surface area contributed by atoms with Gasteiger partial charge in [0.2, 0.25) is 23.5 Å². The number of carbonyl (C=O) groups is 2. The lowest BCUT2D eigenvalue weighted by Gasteiger charge is -2.33.